The summed E-state index contributed by atoms with van der Waals surface area (Å²) in [6, 6.07) is 8.13. The summed E-state index contributed by atoms with van der Waals surface area (Å²) in [6.45, 7) is 4.65. The van der Waals surface area contributed by atoms with E-state index in [0.717, 1.165) is 17.4 Å². The molecule has 3 atom stereocenters. The molecule has 2 fully saturated rings. The number of phenols is 1. The molecule has 19 heavy (non-hydrogen) atoms. The van der Waals surface area contributed by atoms with Crippen molar-refractivity contribution in [1.82, 2.24) is 4.90 Å². The maximum atomic E-state index is 10.0. The average Bonchev–Trinajstić information content (AvgIpc) is 2.46. The molecule has 0 aromatic heterocycles. The molecule has 1 aliphatic carbocycles. The van der Waals surface area contributed by atoms with E-state index in [9.17, 15) is 5.11 Å². The largest absolute Gasteiger partial charge is 0.508 e. The van der Waals surface area contributed by atoms with Gasteiger partial charge >= 0.3 is 0 Å². The van der Waals surface area contributed by atoms with Crippen LogP contribution >= 0.6 is 0 Å². The minimum absolute atomic E-state index is 0.337. The van der Waals surface area contributed by atoms with Crippen LogP contribution in [0.3, 0.4) is 0 Å². The third-order valence-corrected chi connectivity index (χ3v) is 5.26. The highest BCUT2D eigenvalue weighted by Gasteiger charge is 2.33. The molecule has 0 amide bonds. The molecule has 104 valence electrons. The average molecular weight is 259 g/mol. The van der Waals surface area contributed by atoms with Crippen molar-refractivity contribution in [3.05, 3.63) is 29.8 Å². The highest BCUT2D eigenvalue weighted by Crippen LogP contribution is 2.39. The van der Waals surface area contributed by atoms with Crippen LogP contribution in [0.4, 0.5) is 0 Å². The number of benzene rings is 1. The van der Waals surface area contributed by atoms with Crippen LogP contribution in [0, 0.1) is 11.8 Å². The van der Waals surface area contributed by atoms with Gasteiger partial charge in [-0.15, -0.1) is 0 Å². The predicted octanol–water partition coefficient (Wildman–Crippen LogP) is 3.97. The number of likely N-dealkylation sites (tertiary alicyclic amines) is 1. The van der Waals surface area contributed by atoms with Crippen molar-refractivity contribution in [2.24, 2.45) is 11.8 Å². The fraction of sp³-hybridized carbons (Fsp3) is 0.647. The minimum atomic E-state index is 0.337. The number of hydrogen-bond donors (Lipinski definition) is 1. The SMILES string of the molecule is CC(c1ccccc1O)N1CCC2CCCCC2C1. The topological polar surface area (TPSA) is 23.5 Å². The second-order valence-electron chi connectivity index (χ2n) is 6.32. The molecule has 1 aromatic carbocycles. The molecule has 3 unspecified atom stereocenters. The lowest BCUT2D eigenvalue weighted by Crippen LogP contribution is -2.42. The summed E-state index contributed by atoms with van der Waals surface area (Å²) in [7, 11) is 0. The molecular weight excluding hydrogens is 234 g/mol. The van der Waals surface area contributed by atoms with Gasteiger partial charge in [0.2, 0.25) is 0 Å². The molecule has 1 saturated carbocycles. The first-order valence-electron chi connectivity index (χ1n) is 7.77. The Morgan fingerprint density at radius 1 is 1.11 bits per heavy atom. The number of hydrogen-bond acceptors (Lipinski definition) is 2. The van der Waals surface area contributed by atoms with Gasteiger partial charge < -0.3 is 5.11 Å². The van der Waals surface area contributed by atoms with Gasteiger partial charge in [-0.1, -0.05) is 37.5 Å². The highest BCUT2D eigenvalue weighted by molar-refractivity contribution is 5.34. The van der Waals surface area contributed by atoms with E-state index < -0.39 is 0 Å². The summed E-state index contributed by atoms with van der Waals surface area (Å²) in [6.07, 6.45) is 7.07. The van der Waals surface area contributed by atoms with Crippen LogP contribution in [0.25, 0.3) is 0 Å². The van der Waals surface area contributed by atoms with Gasteiger partial charge in [0.15, 0.2) is 0 Å². The quantitative estimate of drug-likeness (QED) is 0.869. The minimum Gasteiger partial charge on any atom is -0.508 e. The van der Waals surface area contributed by atoms with E-state index in [1.54, 1.807) is 6.07 Å². The van der Waals surface area contributed by atoms with Crippen molar-refractivity contribution in [2.75, 3.05) is 13.1 Å². The maximum Gasteiger partial charge on any atom is 0.120 e. The summed E-state index contributed by atoms with van der Waals surface area (Å²) in [5.74, 6) is 2.32. The summed E-state index contributed by atoms with van der Waals surface area (Å²) < 4.78 is 0. The highest BCUT2D eigenvalue weighted by atomic mass is 16.3. The molecule has 1 aromatic rings. The number of para-hydroxylation sites is 1. The number of nitrogens with zero attached hydrogens (tertiary/aromatic N) is 1. The second-order valence-corrected chi connectivity index (χ2v) is 6.32. The van der Waals surface area contributed by atoms with Crippen LogP contribution in [0.5, 0.6) is 5.75 Å². The smallest absolute Gasteiger partial charge is 0.120 e. The number of aromatic hydroxyl groups is 1. The van der Waals surface area contributed by atoms with Gasteiger partial charge in [0.05, 0.1) is 0 Å². The summed E-state index contributed by atoms with van der Waals surface area (Å²) >= 11 is 0. The first-order chi connectivity index (χ1) is 9.25. The fourth-order valence-electron chi connectivity index (χ4n) is 4.02. The Morgan fingerprint density at radius 3 is 2.63 bits per heavy atom. The maximum absolute atomic E-state index is 10.0. The lowest BCUT2D eigenvalue weighted by molar-refractivity contribution is 0.0609. The van der Waals surface area contributed by atoms with Crippen molar-refractivity contribution < 1.29 is 5.11 Å². The van der Waals surface area contributed by atoms with Gasteiger partial charge in [-0.05, 0) is 44.2 Å². The second kappa shape index (κ2) is 5.54. The zero-order valence-electron chi connectivity index (χ0n) is 11.9. The van der Waals surface area contributed by atoms with Gasteiger partial charge in [0.25, 0.3) is 0 Å². The van der Waals surface area contributed by atoms with Crippen LogP contribution in [0.1, 0.15) is 50.6 Å². The van der Waals surface area contributed by atoms with Gasteiger partial charge in [0, 0.05) is 18.2 Å². The molecule has 2 aliphatic rings. The van der Waals surface area contributed by atoms with Crippen molar-refractivity contribution >= 4 is 0 Å². The van der Waals surface area contributed by atoms with E-state index in [1.807, 2.05) is 12.1 Å². The molecule has 3 rings (SSSR count). The molecule has 1 heterocycles. The predicted molar refractivity (Wildman–Crippen MR) is 78.2 cm³/mol. The summed E-state index contributed by atoms with van der Waals surface area (Å²) in [5.41, 5.74) is 1.08. The van der Waals surface area contributed by atoms with Crippen molar-refractivity contribution in [3.63, 3.8) is 0 Å². The summed E-state index contributed by atoms with van der Waals surface area (Å²) in [5, 5.41) is 10.0. The Balaban J connectivity index is 1.71. The van der Waals surface area contributed by atoms with Gasteiger partial charge in [-0.25, -0.2) is 0 Å². The Labute approximate surface area is 116 Å². The molecule has 0 radical (unpaired) electrons. The van der Waals surface area contributed by atoms with E-state index in [1.165, 1.54) is 45.2 Å². The standard InChI is InChI=1S/C17H25NO/c1-13(16-8-4-5-9-17(16)19)18-11-10-14-6-2-3-7-15(14)12-18/h4-5,8-9,13-15,19H,2-3,6-7,10-12H2,1H3. The zero-order valence-corrected chi connectivity index (χ0v) is 11.9. The molecule has 0 spiro atoms. The molecule has 2 heteroatoms. The molecule has 1 saturated heterocycles. The third kappa shape index (κ3) is 2.64. The molecule has 1 aliphatic heterocycles. The fourth-order valence-corrected chi connectivity index (χ4v) is 4.02. The Bertz CT molecular complexity index is 431. The number of rotatable bonds is 2. The molecule has 2 nitrogen and oxygen atoms in total. The molecule has 0 bridgehead atoms. The van der Waals surface area contributed by atoms with Crippen LogP contribution in [-0.4, -0.2) is 23.1 Å². The van der Waals surface area contributed by atoms with Crippen molar-refractivity contribution in [1.29, 1.82) is 0 Å². The zero-order chi connectivity index (χ0) is 13.2. The number of phenolic OH excluding ortho intramolecular Hbond substituents is 1. The molecule has 1 N–H and O–H groups in total. The van der Waals surface area contributed by atoms with E-state index in [0.29, 0.717) is 11.8 Å². The number of fused-ring (bicyclic) bond motifs is 1. The van der Waals surface area contributed by atoms with Crippen LogP contribution in [0.15, 0.2) is 24.3 Å². The van der Waals surface area contributed by atoms with Gasteiger partial charge in [-0.2, -0.15) is 0 Å². The Hall–Kier alpha value is -1.02. The van der Waals surface area contributed by atoms with E-state index in [-0.39, 0.29) is 0 Å². The van der Waals surface area contributed by atoms with Crippen molar-refractivity contribution in [2.45, 2.75) is 45.1 Å². The third-order valence-electron chi connectivity index (χ3n) is 5.26. The van der Waals surface area contributed by atoms with E-state index in [2.05, 4.69) is 17.9 Å². The normalized spacial score (nSPS) is 29.7. The van der Waals surface area contributed by atoms with Gasteiger partial charge in [0.1, 0.15) is 5.75 Å². The first kappa shape index (κ1) is 13.0. The lowest BCUT2D eigenvalue weighted by Gasteiger charge is -2.43. The first-order valence-corrected chi connectivity index (χ1v) is 7.77. The van der Waals surface area contributed by atoms with Gasteiger partial charge in [-0.3, -0.25) is 4.90 Å². The van der Waals surface area contributed by atoms with Crippen LogP contribution in [0.2, 0.25) is 0 Å². The van der Waals surface area contributed by atoms with E-state index in [4.69, 9.17) is 0 Å². The van der Waals surface area contributed by atoms with E-state index >= 15 is 0 Å². The Kier molecular flexibility index (Phi) is 3.79. The Morgan fingerprint density at radius 2 is 1.84 bits per heavy atom. The monoisotopic (exact) mass is 259 g/mol. The molecular formula is C17H25NO. The van der Waals surface area contributed by atoms with Crippen LogP contribution in [-0.2, 0) is 0 Å². The number of piperidine rings is 1. The van der Waals surface area contributed by atoms with Crippen molar-refractivity contribution in [3.8, 4) is 5.75 Å². The summed E-state index contributed by atoms with van der Waals surface area (Å²) in [4.78, 5) is 2.57. The van der Waals surface area contributed by atoms with Crippen LogP contribution < -0.4 is 0 Å². The lowest BCUT2D eigenvalue weighted by atomic mass is 9.74.